The third-order valence-corrected chi connectivity index (χ3v) is 3.85. The van der Waals surface area contributed by atoms with Crippen LogP contribution < -0.4 is 9.64 Å². The van der Waals surface area contributed by atoms with E-state index in [0.717, 1.165) is 11.5 Å². The van der Waals surface area contributed by atoms with Crippen molar-refractivity contribution in [2.75, 3.05) is 45.3 Å². The number of nitrogens with zero attached hydrogens (tertiary/aromatic N) is 5. The van der Waals surface area contributed by atoms with Gasteiger partial charge in [0.05, 0.1) is 19.3 Å². The summed E-state index contributed by atoms with van der Waals surface area (Å²) in [4.78, 5) is 28.8. The number of pyridine rings is 1. The molecule has 1 atom stereocenters. The molecule has 3 heterocycles. The highest BCUT2D eigenvalue weighted by Gasteiger charge is 2.29. The SMILES string of the molecule is CN(C)c1nccnc1[C@H]1CN(C(=O)COc2cccnc2)CCO1. The van der Waals surface area contributed by atoms with Crippen molar-refractivity contribution in [3.63, 3.8) is 0 Å². The zero-order valence-corrected chi connectivity index (χ0v) is 14.3. The van der Waals surface area contributed by atoms with Gasteiger partial charge in [0.25, 0.3) is 5.91 Å². The number of morpholine rings is 1. The van der Waals surface area contributed by atoms with Crippen LogP contribution in [0.5, 0.6) is 5.75 Å². The van der Waals surface area contributed by atoms with Gasteiger partial charge in [-0.3, -0.25) is 14.8 Å². The zero-order valence-electron chi connectivity index (χ0n) is 14.3. The van der Waals surface area contributed by atoms with Crippen LogP contribution in [0.4, 0.5) is 5.82 Å². The fourth-order valence-corrected chi connectivity index (χ4v) is 2.62. The minimum Gasteiger partial charge on any atom is -0.482 e. The lowest BCUT2D eigenvalue weighted by Crippen LogP contribution is -2.44. The van der Waals surface area contributed by atoms with Crippen LogP contribution >= 0.6 is 0 Å². The van der Waals surface area contributed by atoms with Crippen molar-refractivity contribution in [3.05, 3.63) is 42.6 Å². The van der Waals surface area contributed by atoms with E-state index >= 15 is 0 Å². The number of hydrogen-bond donors (Lipinski definition) is 0. The number of ether oxygens (including phenoxy) is 2. The largest absolute Gasteiger partial charge is 0.482 e. The molecular formula is C17H21N5O3. The minimum absolute atomic E-state index is 0.0284. The molecule has 0 bridgehead atoms. The summed E-state index contributed by atoms with van der Waals surface area (Å²) in [6.07, 6.45) is 6.22. The molecule has 132 valence electrons. The summed E-state index contributed by atoms with van der Waals surface area (Å²) in [7, 11) is 3.81. The van der Waals surface area contributed by atoms with Gasteiger partial charge in [-0.15, -0.1) is 0 Å². The average molecular weight is 343 g/mol. The molecule has 1 aliphatic heterocycles. The minimum atomic E-state index is -0.304. The van der Waals surface area contributed by atoms with Gasteiger partial charge in [0, 0.05) is 39.2 Å². The lowest BCUT2D eigenvalue weighted by Gasteiger charge is -2.33. The predicted octanol–water partition coefficient (Wildman–Crippen LogP) is 0.916. The highest BCUT2D eigenvalue weighted by Crippen LogP contribution is 2.26. The number of hydrogen-bond acceptors (Lipinski definition) is 7. The normalized spacial score (nSPS) is 17.2. The average Bonchev–Trinajstić information content (AvgIpc) is 2.67. The Balaban J connectivity index is 1.64. The summed E-state index contributed by atoms with van der Waals surface area (Å²) in [5.41, 5.74) is 0.734. The summed E-state index contributed by atoms with van der Waals surface area (Å²) in [5.74, 6) is 1.23. The lowest BCUT2D eigenvalue weighted by atomic mass is 10.2. The summed E-state index contributed by atoms with van der Waals surface area (Å²) < 4.78 is 11.3. The summed E-state index contributed by atoms with van der Waals surface area (Å²) in [6, 6.07) is 3.53. The van der Waals surface area contributed by atoms with Gasteiger partial charge < -0.3 is 19.3 Å². The van der Waals surface area contributed by atoms with Crippen LogP contribution in [-0.2, 0) is 9.53 Å². The van der Waals surface area contributed by atoms with Crippen LogP contribution in [0.1, 0.15) is 11.8 Å². The molecule has 25 heavy (non-hydrogen) atoms. The van der Waals surface area contributed by atoms with E-state index in [1.807, 2.05) is 19.0 Å². The number of rotatable bonds is 5. The molecule has 8 heteroatoms. The van der Waals surface area contributed by atoms with E-state index in [4.69, 9.17) is 9.47 Å². The molecule has 1 amide bonds. The molecule has 8 nitrogen and oxygen atoms in total. The van der Waals surface area contributed by atoms with Gasteiger partial charge in [-0.2, -0.15) is 0 Å². The number of amides is 1. The van der Waals surface area contributed by atoms with Gasteiger partial charge in [-0.1, -0.05) is 0 Å². The van der Waals surface area contributed by atoms with E-state index < -0.39 is 0 Å². The van der Waals surface area contributed by atoms with Crippen LogP contribution in [0.15, 0.2) is 36.9 Å². The number of carbonyl (C=O) groups excluding carboxylic acids is 1. The van der Waals surface area contributed by atoms with Gasteiger partial charge in [0.15, 0.2) is 12.4 Å². The van der Waals surface area contributed by atoms with Crippen LogP contribution in [0.3, 0.4) is 0 Å². The molecule has 1 saturated heterocycles. The first kappa shape index (κ1) is 17.1. The fraction of sp³-hybridized carbons (Fsp3) is 0.412. The van der Waals surface area contributed by atoms with Crippen molar-refractivity contribution < 1.29 is 14.3 Å². The summed E-state index contributed by atoms with van der Waals surface area (Å²) >= 11 is 0. The lowest BCUT2D eigenvalue weighted by molar-refractivity contribution is -0.141. The molecule has 0 saturated carbocycles. The van der Waals surface area contributed by atoms with Crippen molar-refractivity contribution in [2.45, 2.75) is 6.10 Å². The molecule has 0 aromatic carbocycles. The second kappa shape index (κ2) is 7.89. The number of carbonyl (C=O) groups is 1. The maximum Gasteiger partial charge on any atom is 0.260 e. The Bertz CT molecular complexity index is 710. The van der Waals surface area contributed by atoms with Crippen LogP contribution in [0, 0.1) is 0 Å². The first-order chi connectivity index (χ1) is 12.1. The Morgan fingerprint density at radius 1 is 1.36 bits per heavy atom. The quantitative estimate of drug-likeness (QED) is 0.798. The molecule has 0 N–H and O–H groups in total. The zero-order chi connectivity index (χ0) is 17.6. The smallest absolute Gasteiger partial charge is 0.260 e. The second-order valence-electron chi connectivity index (χ2n) is 5.84. The molecule has 3 rings (SSSR count). The van der Waals surface area contributed by atoms with Crippen LogP contribution in [0.25, 0.3) is 0 Å². The number of aromatic nitrogens is 3. The Morgan fingerprint density at radius 3 is 2.96 bits per heavy atom. The Hall–Kier alpha value is -2.74. The van der Waals surface area contributed by atoms with Crippen molar-refractivity contribution in [3.8, 4) is 5.75 Å². The Kier molecular flexibility index (Phi) is 5.39. The standard InChI is InChI=1S/C17H21N5O3/c1-21(2)17-16(19-6-7-20-17)14-11-22(8-9-24-14)15(23)12-25-13-4-3-5-18-10-13/h3-7,10,14H,8-9,11-12H2,1-2H3/t14-/m1/s1. The van der Waals surface area contributed by atoms with Crippen LogP contribution in [0.2, 0.25) is 0 Å². The number of anilines is 1. The van der Waals surface area contributed by atoms with Crippen molar-refractivity contribution >= 4 is 11.7 Å². The topological polar surface area (TPSA) is 80.7 Å². The maximum absolute atomic E-state index is 12.4. The second-order valence-corrected chi connectivity index (χ2v) is 5.84. The van der Waals surface area contributed by atoms with Gasteiger partial charge in [0.2, 0.25) is 0 Å². The molecule has 1 aliphatic rings. The highest BCUT2D eigenvalue weighted by atomic mass is 16.5. The molecule has 2 aromatic heterocycles. The molecule has 0 aliphatic carbocycles. The Morgan fingerprint density at radius 2 is 2.20 bits per heavy atom. The van der Waals surface area contributed by atoms with E-state index in [2.05, 4.69) is 15.0 Å². The summed E-state index contributed by atoms with van der Waals surface area (Å²) in [5, 5.41) is 0. The Labute approximate surface area is 146 Å². The highest BCUT2D eigenvalue weighted by molar-refractivity contribution is 5.78. The molecule has 1 fully saturated rings. The molecule has 0 spiro atoms. The third-order valence-electron chi connectivity index (χ3n) is 3.85. The van der Waals surface area contributed by atoms with Crippen molar-refractivity contribution in [2.24, 2.45) is 0 Å². The van der Waals surface area contributed by atoms with Gasteiger partial charge in [0.1, 0.15) is 17.5 Å². The third kappa shape index (κ3) is 4.21. The van der Waals surface area contributed by atoms with E-state index in [0.29, 0.717) is 25.4 Å². The van der Waals surface area contributed by atoms with E-state index in [9.17, 15) is 4.79 Å². The van der Waals surface area contributed by atoms with Crippen molar-refractivity contribution in [1.82, 2.24) is 19.9 Å². The van der Waals surface area contributed by atoms with Crippen LogP contribution in [-0.4, -0.2) is 66.2 Å². The molecule has 0 radical (unpaired) electrons. The maximum atomic E-state index is 12.4. The summed E-state index contributed by atoms with van der Waals surface area (Å²) in [6.45, 7) is 1.38. The first-order valence-corrected chi connectivity index (χ1v) is 8.05. The van der Waals surface area contributed by atoms with Gasteiger partial charge >= 0.3 is 0 Å². The predicted molar refractivity (Wildman–Crippen MR) is 91.4 cm³/mol. The van der Waals surface area contributed by atoms with E-state index in [1.165, 1.54) is 0 Å². The first-order valence-electron chi connectivity index (χ1n) is 8.05. The molecular weight excluding hydrogens is 322 g/mol. The van der Waals surface area contributed by atoms with Gasteiger partial charge in [-0.05, 0) is 12.1 Å². The van der Waals surface area contributed by atoms with E-state index in [-0.39, 0.29) is 18.6 Å². The monoisotopic (exact) mass is 343 g/mol. The fourth-order valence-electron chi connectivity index (χ4n) is 2.62. The molecule has 0 unspecified atom stereocenters. The van der Waals surface area contributed by atoms with Crippen molar-refractivity contribution in [1.29, 1.82) is 0 Å². The molecule has 2 aromatic rings. The van der Waals surface area contributed by atoms with Gasteiger partial charge in [-0.25, -0.2) is 4.98 Å². The van der Waals surface area contributed by atoms with E-state index in [1.54, 1.807) is 41.8 Å².